The molecule has 6 heteroatoms. The van der Waals surface area contributed by atoms with Gasteiger partial charge in [-0.2, -0.15) is 0 Å². The molecule has 19 heavy (non-hydrogen) atoms. The summed E-state index contributed by atoms with van der Waals surface area (Å²) in [6.45, 7) is 2.56. The maximum Gasteiger partial charge on any atom is 0.252 e. The highest BCUT2D eigenvalue weighted by molar-refractivity contribution is 14.1. The minimum Gasteiger partial charge on any atom is -0.376 e. The molecule has 1 aromatic carbocycles. The van der Waals surface area contributed by atoms with Crippen molar-refractivity contribution in [3.05, 3.63) is 32.4 Å². The summed E-state index contributed by atoms with van der Waals surface area (Å²) in [5, 5.41) is 3.48. The van der Waals surface area contributed by atoms with Crippen molar-refractivity contribution in [2.75, 3.05) is 6.61 Å². The fraction of sp³-hybridized carbons (Fsp3) is 0.462. The van der Waals surface area contributed by atoms with E-state index in [2.05, 4.69) is 27.9 Å². The second-order valence-corrected chi connectivity index (χ2v) is 6.12. The number of hydrogen-bond acceptors (Lipinski definition) is 3. The van der Waals surface area contributed by atoms with Gasteiger partial charge in [-0.1, -0.05) is 11.6 Å². The number of hydrogen-bond donors (Lipinski definition) is 2. The van der Waals surface area contributed by atoms with Crippen molar-refractivity contribution >= 4 is 40.1 Å². The van der Waals surface area contributed by atoms with E-state index in [0.717, 1.165) is 9.99 Å². The molecule has 0 saturated heterocycles. The molecule has 2 rings (SSSR count). The number of ether oxygens (including phenoxy) is 1. The summed E-state index contributed by atoms with van der Waals surface area (Å²) in [5.74, 6) is -0.156. The lowest BCUT2D eigenvalue weighted by atomic mass is 9.83. The summed E-state index contributed by atoms with van der Waals surface area (Å²) in [5.41, 5.74) is 6.49. The third-order valence-corrected chi connectivity index (χ3v) is 4.39. The summed E-state index contributed by atoms with van der Waals surface area (Å²) >= 11 is 8.03. The second kappa shape index (κ2) is 6.39. The van der Waals surface area contributed by atoms with Crippen molar-refractivity contribution < 1.29 is 9.53 Å². The van der Waals surface area contributed by atoms with Crippen molar-refractivity contribution in [1.82, 2.24) is 5.32 Å². The Labute approximate surface area is 131 Å². The van der Waals surface area contributed by atoms with Crippen molar-refractivity contribution in [1.29, 1.82) is 0 Å². The molecule has 1 aliphatic carbocycles. The molecule has 1 aliphatic rings. The molecule has 1 amide bonds. The third-order valence-electron chi connectivity index (χ3n) is 3.22. The first kappa shape index (κ1) is 15.0. The minimum atomic E-state index is -0.156. The lowest BCUT2D eigenvalue weighted by Gasteiger charge is -2.42. The normalized spacial score (nSPS) is 25.8. The van der Waals surface area contributed by atoms with E-state index in [1.165, 1.54) is 0 Å². The summed E-state index contributed by atoms with van der Waals surface area (Å²) in [6, 6.07) is 5.08. The van der Waals surface area contributed by atoms with Crippen LogP contribution in [0.5, 0.6) is 0 Å². The van der Waals surface area contributed by atoms with Gasteiger partial charge in [0.2, 0.25) is 0 Å². The van der Waals surface area contributed by atoms with E-state index >= 15 is 0 Å². The molecule has 3 N–H and O–H groups in total. The largest absolute Gasteiger partial charge is 0.376 e. The van der Waals surface area contributed by atoms with E-state index in [-0.39, 0.29) is 24.1 Å². The van der Waals surface area contributed by atoms with Gasteiger partial charge in [-0.05, 0) is 54.1 Å². The molecular formula is C13H16ClIN2O2. The van der Waals surface area contributed by atoms with Crippen LogP contribution in [0.3, 0.4) is 0 Å². The molecule has 1 saturated carbocycles. The summed E-state index contributed by atoms with van der Waals surface area (Å²) in [4.78, 5) is 12.2. The number of rotatable bonds is 4. The molecule has 104 valence electrons. The number of carbonyl (C=O) groups excluding carboxylic acids is 1. The van der Waals surface area contributed by atoms with E-state index < -0.39 is 0 Å². The van der Waals surface area contributed by atoms with Crippen LogP contribution in [0.4, 0.5) is 0 Å². The predicted octanol–water partition coefficient (Wildman–Crippen LogP) is 2.18. The molecule has 4 nitrogen and oxygen atoms in total. The first-order valence-corrected chi connectivity index (χ1v) is 7.61. The highest BCUT2D eigenvalue weighted by Gasteiger charge is 2.40. The Bertz CT molecular complexity index is 482. The number of halogens is 2. The first-order valence-electron chi connectivity index (χ1n) is 6.16. The fourth-order valence-corrected chi connectivity index (χ4v) is 2.88. The van der Waals surface area contributed by atoms with Crippen molar-refractivity contribution in [2.24, 2.45) is 5.73 Å². The maximum atomic E-state index is 12.2. The number of carbonyl (C=O) groups is 1. The Hall–Kier alpha value is -0.370. The fourth-order valence-electron chi connectivity index (χ4n) is 2.13. The van der Waals surface area contributed by atoms with E-state index in [0.29, 0.717) is 17.2 Å². The van der Waals surface area contributed by atoms with Crippen LogP contribution in [0.25, 0.3) is 0 Å². The Morgan fingerprint density at radius 2 is 2.37 bits per heavy atom. The zero-order valence-electron chi connectivity index (χ0n) is 10.5. The molecule has 0 spiro atoms. The molecule has 0 aliphatic heterocycles. The van der Waals surface area contributed by atoms with Crippen LogP contribution < -0.4 is 11.1 Å². The van der Waals surface area contributed by atoms with Gasteiger partial charge in [0.05, 0.1) is 17.7 Å². The SMILES string of the molecule is CCOC1CC(N)C1NC(=O)c1cc(Cl)ccc1I. The Kier molecular flexibility index (Phi) is 5.05. The highest BCUT2D eigenvalue weighted by atomic mass is 127. The quantitative estimate of drug-likeness (QED) is 0.770. The van der Waals surface area contributed by atoms with Gasteiger partial charge in [0.25, 0.3) is 5.91 Å². The summed E-state index contributed by atoms with van der Waals surface area (Å²) in [6.07, 6.45) is 0.798. The molecule has 3 atom stereocenters. The number of nitrogens with two attached hydrogens (primary N) is 1. The van der Waals surface area contributed by atoms with Crippen LogP contribution in [0, 0.1) is 3.57 Å². The van der Waals surface area contributed by atoms with E-state index in [4.69, 9.17) is 22.1 Å². The number of amides is 1. The van der Waals surface area contributed by atoms with Gasteiger partial charge < -0.3 is 15.8 Å². The van der Waals surface area contributed by atoms with Gasteiger partial charge in [0.15, 0.2) is 0 Å². The van der Waals surface area contributed by atoms with Crippen molar-refractivity contribution in [2.45, 2.75) is 31.5 Å². The molecule has 1 fully saturated rings. The monoisotopic (exact) mass is 394 g/mol. The lowest BCUT2D eigenvalue weighted by Crippen LogP contribution is -2.64. The van der Waals surface area contributed by atoms with E-state index in [1.807, 2.05) is 13.0 Å². The van der Waals surface area contributed by atoms with Crippen LogP contribution in [0.2, 0.25) is 5.02 Å². The first-order chi connectivity index (χ1) is 9.02. The molecular weight excluding hydrogens is 379 g/mol. The van der Waals surface area contributed by atoms with Crippen LogP contribution >= 0.6 is 34.2 Å². The van der Waals surface area contributed by atoms with Crippen LogP contribution in [-0.2, 0) is 4.74 Å². The Balaban J connectivity index is 2.06. The second-order valence-electron chi connectivity index (χ2n) is 4.52. The molecule has 0 radical (unpaired) electrons. The molecule has 0 aromatic heterocycles. The summed E-state index contributed by atoms with van der Waals surface area (Å²) < 4.78 is 6.39. The van der Waals surface area contributed by atoms with Gasteiger partial charge in [0.1, 0.15) is 0 Å². The molecule has 0 bridgehead atoms. The number of benzene rings is 1. The van der Waals surface area contributed by atoms with Gasteiger partial charge in [0, 0.05) is 21.2 Å². The van der Waals surface area contributed by atoms with Crippen LogP contribution in [0.1, 0.15) is 23.7 Å². The van der Waals surface area contributed by atoms with E-state index in [1.54, 1.807) is 12.1 Å². The van der Waals surface area contributed by atoms with Gasteiger partial charge >= 0.3 is 0 Å². The van der Waals surface area contributed by atoms with Crippen LogP contribution in [-0.4, -0.2) is 30.7 Å². The third kappa shape index (κ3) is 3.39. The Morgan fingerprint density at radius 3 is 3.00 bits per heavy atom. The van der Waals surface area contributed by atoms with E-state index in [9.17, 15) is 4.79 Å². The van der Waals surface area contributed by atoms with Gasteiger partial charge in [-0.3, -0.25) is 4.79 Å². The molecule has 3 unspecified atom stereocenters. The summed E-state index contributed by atoms with van der Waals surface area (Å²) in [7, 11) is 0. The molecule has 1 aromatic rings. The van der Waals surface area contributed by atoms with Crippen LogP contribution in [0.15, 0.2) is 18.2 Å². The van der Waals surface area contributed by atoms with Gasteiger partial charge in [-0.25, -0.2) is 0 Å². The Morgan fingerprint density at radius 1 is 1.63 bits per heavy atom. The highest BCUT2D eigenvalue weighted by Crippen LogP contribution is 2.24. The minimum absolute atomic E-state index is 0.0146. The average molecular weight is 395 g/mol. The average Bonchev–Trinajstić information content (AvgIpc) is 2.38. The zero-order valence-corrected chi connectivity index (χ0v) is 13.4. The topological polar surface area (TPSA) is 64.3 Å². The van der Waals surface area contributed by atoms with Gasteiger partial charge in [-0.15, -0.1) is 0 Å². The zero-order chi connectivity index (χ0) is 14.0. The van der Waals surface area contributed by atoms with Crippen molar-refractivity contribution in [3.8, 4) is 0 Å². The number of nitrogens with one attached hydrogen (secondary N) is 1. The lowest BCUT2D eigenvalue weighted by molar-refractivity contribution is -0.0300. The maximum absolute atomic E-state index is 12.2. The molecule has 0 heterocycles. The predicted molar refractivity (Wildman–Crippen MR) is 83.4 cm³/mol. The van der Waals surface area contributed by atoms with Crippen molar-refractivity contribution in [3.63, 3.8) is 0 Å². The standard InChI is InChI=1S/C13H16ClIN2O2/c1-2-19-11-6-10(16)12(11)17-13(18)8-5-7(14)3-4-9(8)15/h3-5,10-12H,2,6,16H2,1H3,(H,17,18). The smallest absolute Gasteiger partial charge is 0.252 e.